The van der Waals surface area contributed by atoms with Gasteiger partial charge < -0.3 is 4.55 Å². The summed E-state index contributed by atoms with van der Waals surface area (Å²) in [4.78, 5) is 11.1. The maximum absolute atomic E-state index is 11.1. The van der Waals surface area contributed by atoms with Crippen molar-refractivity contribution >= 4 is 15.9 Å². The fraction of sp³-hybridized carbons (Fsp3) is 0.400. The summed E-state index contributed by atoms with van der Waals surface area (Å²) in [6, 6.07) is 3.39. The first-order valence-corrected chi connectivity index (χ1v) is 6.40. The third-order valence-electron chi connectivity index (χ3n) is 2.08. The Kier molecular flexibility index (Phi) is 4.14. The Labute approximate surface area is 94.5 Å². The molecule has 16 heavy (non-hydrogen) atoms. The number of hydrogen-bond acceptors (Lipinski definition) is 4. The maximum atomic E-state index is 11.1. The van der Waals surface area contributed by atoms with Crippen molar-refractivity contribution in [2.45, 2.75) is 19.9 Å². The first kappa shape index (κ1) is 12.8. The van der Waals surface area contributed by atoms with Crippen LogP contribution >= 0.6 is 0 Å². The summed E-state index contributed by atoms with van der Waals surface area (Å²) in [7, 11) is -4.15. The summed E-state index contributed by atoms with van der Waals surface area (Å²) in [5, 5.41) is 0. The molecule has 1 aromatic heterocycles. The molecule has 6 heteroatoms. The monoisotopic (exact) mass is 243 g/mol. The van der Waals surface area contributed by atoms with Gasteiger partial charge in [-0.2, -0.15) is 0 Å². The second-order valence-electron chi connectivity index (χ2n) is 3.50. The van der Waals surface area contributed by atoms with E-state index in [0.717, 1.165) is 0 Å². The van der Waals surface area contributed by atoms with Gasteiger partial charge in [-0.3, -0.25) is 4.79 Å². The van der Waals surface area contributed by atoms with Gasteiger partial charge in [0.05, 0.1) is 15.7 Å². The number of nitrogens with zero attached hydrogens (tertiary/aromatic N) is 1. The zero-order chi connectivity index (χ0) is 12.2. The summed E-state index contributed by atoms with van der Waals surface area (Å²) < 4.78 is 32.8. The number of rotatable bonds is 5. The predicted octanol–water partition coefficient (Wildman–Crippen LogP) is 0.112. The fourth-order valence-electron chi connectivity index (χ4n) is 1.29. The highest BCUT2D eigenvalue weighted by Crippen LogP contribution is 1.96. The van der Waals surface area contributed by atoms with Gasteiger partial charge in [-0.1, -0.05) is 0 Å². The van der Waals surface area contributed by atoms with Crippen molar-refractivity contribution in [3.05, 3.63) is 30.1 Å². The van der Waals surface area contributed by atoms with Crippen molar-refractivity contribution in [2.24, 2.45) is 0 Å². The summed E-state index contributed by atoms with van der Waals surface area (Å²) in [6.45, 7) is 1.87. The smallest absolute Gasteiger partial charge is 0.179 e. The average molecular weight is 243 g/mol. The molecule has 0 radical (unpaired) electrons. The van der Waals surface area contributed by atoms with Gasteiger partial charge in [-0.25, -0.2) is 13.0 Å². The van der Waals surface area contributed by atoms with Crippen LogP contribution in [0.4, 0.5) is 0 Å². The zero-order valence-corrected chi connectivity index (χ0v) is 9.74. The van der Waals surface area contributed by atoms with Crippen LogP contribution in [0.5, 0.6) is 0 Å². The first-order chi connectivity index (χ1) is 7.38. The molecule has 0 fully saturated rings. The molecular formula is C10H13NO4S. The molecule has 0 aliphatic heterocycles. The van der Waals surface area contributed by atoms with Crippen molar-refractivity contribution in [3.8, 4) is 0 Å². The molecule has 1 rings (SSSR count). The standard InChI is InChI=1S/C10H13NO4S/c1-9(12)10-4-2-5-11(8-10)6-3-7-16(13,14)15/h2,4-5,8H,3,6-7H2,1H3. The SMILES string of the molecule is CC(=O)c1ccc[n+](CCCS(=O)(=O)[O-])c1. The minimum absolute atomic E-state index is 0.0502. The number of aromatic nitrogens is 1. The van der Waals surface area contributed by atoms with E-state index in [-0.39, 0.29) is 18.0 Å². The van der Waals surface area contributed by atoms with Gasteiger partial charge in [0.2, 0.25) is 0 Å². The third kappa shape index (κ3) is 4.50. The molecule has 0 bridgehead atoms. The van der Waals surface area contributed by atoms with Crippen LogP contribution in [0.2, 0.25) is 0 Å². The van der Waals surface area contributed by atoms with Crippen LogP contribution in [0, 0.1) is 0 Å². The van der Waals surface area contributed by atoms with E-state index >= 15 is 0 Å². The van der Waals surface area contributed by atoms with E-state index < -0.39 is 10.1 Å². The Bertz CT molecular complexity index is 481. The second kappa shape index (κ2) is 5.18. The van der Waals surface area contributed by atoms with Crippen LogP contribution < -0.4 is 4.57 Å². The minimum Gasteiger partial charge on any atom is -0.748 e. The molecule has 5 nitrogen and oxygen atoms in total. The molecule has 0 saturated heterocycles. The predicted molar refractivity (Wildman–Crippen MR) is 55.8 cm³/mol. The van der Waals surface area contributed by atoms with Crippen LogP contribution in [-0.2, 0) is 16.7 Å². The Hall–Kier alpha value is -1.27. The molecule has 0 N–H and O–H groups in total. The molecule has 0 unspecified atom stereocenters. The molecule has 0 aliphatic carbocycles. The first-order valence-electron chi connectivity index (χ1n) is 4.82. The lowest BCUT2D eigenvalue weighted by Gasteiger charge is -2.04. The number of carbonyl (C=O) groups is 1. The van der Waals surface area contributed by atoms with Gasteiger partial charge >= 0.3 is 0 Å². The Morgan fingerprint density at radius 1 is 1.50 bits per heavy atom. The highest BCUT2D eigenvalue weighted by molar-refractivity contribution is 7.85. The fourth-order valence-corrected chi connectivity index (χ4v) is 1.78. The molecule has 0 aliphatic rings. The molecule has 88 valence electrons. The van der Waals surface area contributed by atoms with Gasteiger partial charge in [-0.15, -0.1) is 0 Å². The van der Waals surface area contributed by atoms with E-state index in [0.29, 0.717) is 12.1 Å². The largest absolute Gasteiger partial charge is 0.748 e. The highest BCUT2D eigenvalue weighted by Gasteiger charge is 2.06. The number of carbonyl (C=O) groups excluding carboxylic acids is 1. The molecular weight excluding hydrogens is 230 g/mol. The Morgan fingerprint density at radius 3 is 2.75 bits per heavy atom. The van der Waals surface area contributed by atoms with Crippen molar-refractivity contribution < 1.29 is 22.3 Å². The van der Waals surface area contributed by atoms with E-state index in [1.807, 2.05) is 0 Å². The van der Waals surface area contributed by atoms with Crippen LogP contribution in [0.1, 0.15) is 23.7 Å². The van der Waals surface area contributed by atoms with Gasteiger partial charge in [-0.05, 0) is 13.0 Å². The number of Topliss-reactive ketones (excluding diaryl/α,β-unsaturated/α-hetero) is 1. The normalized spacial score (nSPS) is 11.4. The highest BCUT2D eigenvalue weighted by atomic mass is 32.2. The second-order valence-corrected chi connectivity index (χ2v) is 5.03. The molecule has 0 amide bonds. The van der Waals surface area contributed by atoms with E-state index in [9.17, 15) is 17.8 Å². The summed E-state index contributed by atoms with van der Waals surface area (Å²) in [5.41, 5.74) is 0.562. The molecule has 1 aromatic rings. The van der Waals surface area contributed by atoms with E-state index in [1.165, 1.54) is 6.92 Å². The summed E-state index contributed by atoms with van der Waals surface area (Å²) in [6.07, 6.45) is 3.61. The Morgan fingerprint density at radius 2 is 2.19 bits per heavy atom. The van der Waals surface area contributed by atoms with Crippen LogP contribution in [0.15, 0.2) is 24.5 Å². The molecule has 0 atom stereocenters. The number of hydrogen-bond donors (Lipinski definition) is 0. The Balaban J connectivity index is 2.61. The quantitative estimate of drug-likeness (QED) is 0.418. The van der Waals surface area contributed by atoms with Crippen molar-refractivity contribution in [1.29, 1.82) is 0 Å². The van der Waals surface area contributed by atoms with E-state index in [2.05, 4.69) is 0 Å². The van der Waals surface area contributed by atoms with Crippen molar-refractivity contribution in [2.75, 3.05) is 5.75 Å². The number of pyridine rings is 1. The van der Waals surface area contributed by atoms with Crippen LogP contribution in [0.25, 0.3) is 0 Å². The number of aryl methyl sites for hydroxylation is 1. The molecule has 1 heterocycles. The zero-order valence-electron chi connectivity index (χ0n) is 8.92. The van der Waals surface area contributed by atoms with E-state index in [4.69, 9.17) is 0 Å². The number of ketones is 1. The lowest BCUT2D eigenvalue weighted by atomic mass is 10.2. The molecule has 0 aromatic carbocycles. The minimum atomic E-state index is -4.15. The van der Waals surface area contributed by atoms with E-state index in [1.54, 1.807) is 29.1 Å². The van der Waals surface area contributed by atoms with Crippen molar-refractivity contribution in [3.63, 3.8) is 0 Å². The third-order valence-corrected chi connectivity index (χ3v) is 2.86. The summed E-state index contributed by atoms with van der Waals surface area (Å²) >= 11 is 0. The maximum Gasteiger partial charge on any atom is 0.179 e. The lowest BCUT2D eigenvalue weighted by Crippen LogP contribution is -2.34. The van der Waals surface area contributed by atoms with Crippen LogP contribution in [0.3, 0.4) is 0 Å². The molecule has 0 spiro atoms. The average Bonchev–Trinajstić information content (AvgIpc) is 2.16. The van der Waals surface area contributed by atoms with Gasteiger partial charge in [0.15, 0.2) is 18.2 Å². The van der Waals surface area contributed by atoms with Crippen molar-refractivity contribution in [1.82, 2.24) is 0 Å². The van der Waals surface area contributed by atoms with Gasteiger partial charge in [0.1, 0.15) is 6.54 Å². The topological polar surface area (TPSA) is 78.1 Å². The van der Waals surface area contributed by atoms with Gasteiger partial charge in [0, 0.05) is 18.2 Å². The van der Waals surface area contributed by atoms with Gasteiger partial charge in [0.25, 0.3) is 0 Å². The van der Waals surface area contributed by atoms with Crippen LogP contribution in [-0.4, -0.2) is 24.5 Å². The molecule has 0 saturated carbocycles. The lowest BCUT2D eigenvalue weighted by molar-refractivity contribution is -0.696. The summed E-state index contributed by atoms with van der Waals surface area (Å²) in [5.74, 6) is -0.435.